The van der Waals surface area contributed by atoms with Crippen LogP contribution in [0, 0.1) is 6.92 Å². The molecule has 32 heavy (non-hydrogen) atoms. The van der Waals surface area contributed by atoms with Crippen LogP contribution in [0.3, 0.4) is 0 Å². The lowest BCUT2D eigenvalue weighted by Gasteiger charge is -2.10. The zero-order valence-corrected chi connectivity index (χ0v) is 18.7. The van der Waals surface area contributed by atoms with Crippen LogP contribution in [0.2, 0.25) is 5.02 Å². The van der Waals surface area contributed by atoms with E-state index in [4.69, 9.17) is 21.1 Å². The molecule has 0 bridgehead atoms. The van der Waals surface area contributed by atoms with Gasteiger partial charge in [-0.3, -0.25) is 4.79 Å². The van der Waals surface area contributed by atoms with Gasteiger partial charge in [-0.25, -0.2) is 15.0 Å². The molecule has 9 heteroatoms. The maximum atomic E-state index is 12.5. The molecule has 0 spiro atoms. The van der Waals surface area contributed by atoms with Gasteiger partial charge in [0.1, 0.15) is 23.1 Å². The Kier molecular flexibility index (Phi) is 6.94. The molecule has 2 heterocycles. The van der Waals surface area contributed by atoms with Crippen LogP contribution in [-0.2, 0) is 17.8 Å². The number of hydrogen-bond acceptors (Lipinski definition) is 7. The fraction of sp³-hybridized carbons (Fsp3) is 0.130. The smallest absolute Gasteiger partial charge is 0.321 e. The van der Waals surface area contributed by atoms with Crippen LogP contribution in [0.4, 0.5) is 5.69 Å². The summed E-state index contributed by atoms with van der Waals surface area (Å²) < 4.78 is 11.3. The number of carbonyl (C=O) groups excluding carboxylic acids is 1. The molecular formula is C23H19ClN4O3S. The molecule has 0 aliphatic carbocycles. The summed E-state index contributed by atoms with van der Waals surface area (Å²) >= 11 is 7.33. The first-order valence-corrected chi connectivity index (χ1v) is 11.0. The van der Waals surface area contributed by atoms with Gasteiger partial charge in [-0.2, -0.15) is 0 Å². The van der Waals surface area contributed by atoms with Crippen LogP contribution in [0.1, 0.15) is 16.3 Å². The van der Waals surface area contributed by atoms with Gasteiger partial charge in [0.2, 0.25) is 5.91 Å². The minimum atomic E-state index is -0.149. The van der Waals surface area contributed by atoms with Gasteiger partial charge in [0, 0.05) is 28.5 Å². The van der Waals surface area contributed by atoms with Crippen molar-refractivity contribution in [3.63, 3.8) is 0 Å². The molecule has 1 amide bonds. The van der Waals surface area contributed by atoms with Gasteiger partial charge in [-0.15, -0.1) is 11.3 Å². The molecule has 0 unspecified atom stereocenters. The number of thiazole rings is 1. The Bertz CT molecular complexity index is 1200. The summed E-state index contributed by atoms with van der Waals surface area (Å²) in [6.07, 6.45) is 3.39. The number of rotatable bonds is 8. The lowest BCUT2D eigenvalue weighted by atomic mass is 10.2. The zero-order valence-electron chi connectivity index (χ0n) is 17.1. The molecule has 0 radical (unpaired) electrons. The van der Waals surface area contributed by atoms with Gasteiger partial charge in [0.25, 0.3) is 0 Å². The van der Waals surface area contributed by atoms with E-state index in [1.807, 2.05) is 18.4 Å². The van der Waals surface area contributed by atoms with E-state index in [0.29, 0.717) is 34.5 Å². The van der Waals surface area contributed by atoms with Gasteiger partial charge in [0.15, 0.2) is 0 Å². The maximum absolute atomic E-state index is 12.5. The van der Waals surface area contributed by atoms with E-state index in [0.717, 1.165) is 10.6 Å². The Hall–Kier alpha value is -3.49. The molecule has 0 aliphatic rings. The number of aromatic nitrogens is 3. The van der Waals surface area contributed by atoms with Crippen molar-refractivity contribution in [2.45, 2.75) is 20.0 Å². The number of anilines is 1. The van der Waals surface area contributed by atoms with Crippen LogP contribution < -0.4 is 14.8 Å². The van der Waals surface area contributed by atoms with Crippen LogP contribution in [-0.4, -0.2) is 20.9 Å². The van der Waals surface area contributed by atoms with E-state index in [9.17, 15) is 4.79 Å². The highest BCUT2D eigenvalue weighted by Crippen LogP contribution is 2.24. The second-order valence-electron chi connectivity index (χ2n) is 6.81. The number of halogens is 1. The van der Waals surface area contributed by atoms with Gasteiger partial charge in [-0.05, 0) is 61.0 Å². The van der Waals surface area contributed by atoms with Crippen LogP contribution in [0.15, 0.2) is 66.3 Å². The average molecular weight is 467 g/mol. The number of carbonyl (C=O) groups is 1. The Labute approximate surface area is 194 Å². The first-order chi connectivity index (χ1) is 15.5. The van der Waals surface area contributed by atoms with Crippen molar-refractivity contribution in [3.05, 3.63) is 87.6 Å². The van der Waals surface area contributed by atoms with Gasteiger partial charge >= 0.3 is 6.01 Å². The number of nitrogens with zero attached hydrogens (tertiary/aromatic N) is 3. The number of hydrogen-bond donors (Lipinski definition) is 1. The quantitative estimate of drug-likeness (QED) is 0.371. The normalized spacial score (nSPS) is 10.6. The number of amides is 1. The lowest BCUT2D eigenvalue weighted by Crippen LogP contribution is -2.15. The molecule has 7 nitrogen and oxygen atoms in total. The number of benzene rings is 2. The van der Waals surface area contributed by atoms with Crippen LogP contribution in [0.5, 0.6) is 17.5 Å². The third-order valence-electron chi connectivity index (χ3n) is 4.34. The molecule has 2 aromatic carbocycles. The minimum Gasteiger partial charge on any atom is -0.486 e. The van der Waals surface area contributed by atoms with Crippen molar-refractivity contribution >= 4 is 34.5 Å². The van der Waals surface area contributed by atoms with E-state index in [1.54, 1.807) is 54.9 Å². The number of nitrogens with one attached hydrogen (secondary N) is 1. The maximum Gasteiger partial charge on any atom is 0.321 e. The van der Waals surface area contributed by atoms with Gasteiger partial charge in [0.05, 0.1) is 12.1 Å². The van der Waals surface area contributed by atoms with Crippen molar-refractivity contribution in [2.75, 3.05) is 5.32 Å². The molecule has 0 saturated carbocycles. The topological polar surface area (TPSA) is 86.2 Å². The Morgan fingerprint density at radius 2 is 1.84 bits per heavy atom. The van der Waals surface area contributed by atoms with Crippen LogP contribution >= 0.6 is 22.9 Å². The molecule has 0 aliphatic heterocycles. The standard InChI is InChI=1S/C23H19ClN4O3S/c1-15-11-19(31-23-25-9-2-10-26-23)7-8-20(15)28-21(29)12-17-14-32-22(27-17)13-30-18-5-3-16(24)4-6-18/h2-11,14H,12-13H2,1H3,(H,28,29). The van der Waals surface area contributed by atoms with Crippen molar-refractivity contribution in [1.82, 2.24) is 15.0 Å². The first-order valence-electron chi connectivity index (χ1n) is 9.72. The summed E-state index contributed by atoms with van der Waals surface area (Å²) in [6, 6.07) is 14.5. The SMILES string of the molecule is Cc1cc(Oc2ncccn2)ccc1NC(=O)Cc1csc(COc2ccc(Cl)cc2)n1. The molecule has 2 aromatic heterocycles. The first kappa shape index (κ1) is 21.7. The highest BCUT2D eigenvalue weighted by atomic mass is 35.5. The second-order valence-corrected chi connectivity index (χ2v) is 8.19. The summed E-state index contributed by atoms with van der Waals surface area (Å²) in [7, 11) is 0. The summed E-state index contributed by atoms with van der Waals surface area (Å²) in [5, 5.41) is 6.23. The Morgan fingerprint density at radius 3 is 2.59 bits per heavy atom. The molecular weight excluding hydrogens is 448 g/mol. The molecule has 162 valence electrons. The average Bonchev–Trinajstić information content (AvgIpc) is 3.23. The molecule has 0 fully saturated rings. The van der Waals surface area contributed by atoms with E-state index in [1.165, 1.54) is 11.3 Å². The summed E-state index contributed by atoms with van der Waals surface area (Å²) in [6.45, 7) is 2.23. The monoisotopic (exact) mass is 466 g/mol. The lowest BCUT2D eigenvalue weighted by molar-refractivity contribution is -0.115. The molecule has 0 atom stereocenters. The Morgan fingerprint density at radius 1 is 1.09 bits per heavy atom. The van der Waals surface area contributed by atoms with E-state index in [2.05, 4.69) is 20.3 Å². The second kappa shape index (κ2) is 10.2. The number of ether oxygens (including phenoxy) is 2. The zero-order chi connectivity index (χ0) is 22.3. The molecule has 1 N–H and O–H groups in total. The van der Waals surface area contributed by atoms with Crippen molar-refractivity contribution < 1.29 is 14.3 Å². The van der Waals surface area contributed by atoms with E-state index >= 15 is 0 Å². The predicted octanol–water partition coefficient (Wildman–Crippen LogP) is 5.45. The highest BCUT2D eigenvalue weighted by molar-refractivity contribution is 7.09. The largest absolute Gasteiger partial charge is 0.486 e. The number of aryl methyl sites for hydroxylation is 1. The van der Waals surface area contributed by atoms with Gasteiger partial charge < -0.3 is 14.8 Å². The molecule has 4 aromatic rings. The van der Waals surface area contributed by atoms with Crippen LogP contribution in [0.25, 0.3) is 0 Å². The summed E-state index contributed by atoms with van der Waals surface area (Å²) in [5.41, 5.74) is 2.26. The highest BCUT2D eigenvalue weighted by Gasteiger charge is 2.11. The van der Waals surface area contributed by atoms with Gasteiger partial charge in [-0.1, -0.05) is 11.6 Å². The van der Waals surface area contributed by atoms with Crippen molar-refractivity contribution in [3.8, 4) is 17.5 Å². The molecule has 4 rings (SSSR count). The third-order valence-corrected chi connectivity index (χ3v) is 5.46. The third kappa shape index (κ3) is 6.03. The fourth-order valence-electron chi connectivity index (χ4n) is 2.81. The Balaban J connectivity index is 1.30. The van der Waals surface area contributed by atoms with Crippen molar-refractivity contribution in [2.24, 2.45) is 0 Å². The van der Waals surface area contributed by atoms with E-state index in [-0.39, 0.29) is 18.3 Å². The predicted molar refractivity (Wildman–Crippen MR) is 124 cm³/mol. The fourth-order valence-corrected chi connectivity index (χ4v) is 3.65. The summed E-state index contributed by atoms with van der Waals surface area (Å²) in [4.78, 5) is 25.0. The molecule has 0 saturated heterocycles. The minimum absolute atomic E-state index is 0.149. The van der Waals surface area contributed by atoms with E-state index < -0.39 is 0 Å². The van der Waals surface area contributed by atoms with Crippen molar-refractivity contribution in [1.29, 1.82) is 0 Å². The summed E-state index contributed by atoms with van der Waals surface area (Å²) in [5.74, 6) is 1.16.